The Kier molecular flexibility index (Phi) is 6.85. The summed E-state index contributed by atoms with van der Waals surface area (Å²) in [6.45, 7) is 9.34. The highest BCUT2D eigenvalue weighted by Gasteiger charge is 2.14. The number of halogens is 1. The van der Waals surface area contributed by atoms with Gasteiger partial charge in [0, 0.05) is 25.3 Å². The maximum atomic E-state index is 13.4. The van der Waals surface area contributed by atoms with Crippen molar-refractivity contribution in [1.29, 1.82) is 0 Å². The summed E-state index contributed by atoms with van der Waals surface area (Å²) >= 11 is 0. The Hall–Kier alpha value is -1.09. The quantitative estimate of drug-likeness (QED) is 0.769. The first-order valence-corrected chi connectivity index (χ1v) is 7.34. The molecule has 0 saturated heterocycles. The number of benzene rings is 1. The average molecular weight is 266 g/mol. The Labute approximate surface area is 117 Å². The summed E-state index contributed by atoms with van der Waals surface area (Å²) in [5.41, 5.74) is 2.19. The molecule has 0 fully saturated rings. The van der Waals surface area contributed by atoms with Crippen LogP contribution in [-0.4, -0.2) is 20.1 Å². The lowest BCUT2D eigenvalue weighted by Gasteiger charge is -2.29. The summed E-state index contributed by atoms with van der Waals surface area (Å²) in [5, 5.41) is 3.12. The smallest absolute Gasteiger partial charge is 0.123 e. The fourth-order valence-electron chi connectivity index (χ4n) is 2.45. The zero-order valence-electron chi connectivity index (χ0n) is 12.7. The van der Waals surface area contributed by atoms with Gasteiger partial charge in [0.25, 0.3) is 0 Å². The molecule has 108 valence electrons. The van der Waals surface area contributed by atoms with Gasteiger partial charge in [-0.25, -0.2) is 4.39 Å². The van der Waals surface area contributed by atoms with E-state index in [0.717, 1.165) is 24.3 Å². The molecule has 0 bridgehead atoms. The minimum absolute atomic E-state index is 0.160. The van der Waals surface area contributed by atoms with E-state index in [1.807, 2.05) is 13.1 Å². The summed E-state index contributed by atoms with van der Waals surface area (Å²) in [4.78, 5) is 2.36. The Balaban J connectivity index is 2.96. The normalized spacial score (nSPS) is 11.1. The molecule has 0 aliphatic carbocycles. The van der Waals surface area contributed by atoms with Gasteiger partial charge in [0.1, 0.15) is 5.82 Å². The molecule has 0 atom stereocenters. The molecule has 1 aromatic carbocycles. The number of hydrogen-bond donors (Lipinski definition) is 1. The maximum Gasteiger partial charge on any atom is 0.123 e. The summed E-state index contributed by atoms with van der Waals surface area (Å²) in [6.07, 6.45) is 2.38. The Morgan fingerprint density at radius 3 is 2.42 bits per heavy atom. The minimum Gasteiger partial charge on any atom is -0.371 e. The molecule has 0 aromatic heterocycles. The molecule has 19 heavy (non-hydrogen) atoms. The molecular weight excluding hydrogens is 239 g/mol. The van der Waals surface area contributed by atoms with Crippen molar-refractivity contribution in [2.45, 2.75) is 40.2 Å². The topological polar surface area (TPSA) is 15.3 Å². The monoisotopic (exact) mass is 266 g/mol. The lowest BCUT2D eigenvalue weighted by Crippen LogP contribution is -2.30. The molecule has 0 spiro atoms. The van der Waals surface area contributed by atoms with Crippen molar-refractivity contribution < 1.29 is 4.39 Å². The van der Waals surface area contributed by atoms with Crippen LogP contribution in [0.5, 0.6) is 0 Å². The van der Waals surface area contributed by atoms with E-state index in [1.165, 1.54) is 12.8 Å². The van der Waals surface area contributed by atoms with Crippen LogP contribution in [0.1, 0.15) is 39.2 Å². The first-order chi connectivity index (χ1) is 9.15. The van der Waals surface area contributed by atoms with Crippen LogP contribution in [-0.2, 0) is 6.54 Å². The lowest BCUT2D eigenvalue weighted by atomic mass is 10.0. The lowest BCUT2D eigenvalue weighted by molar-refractivity contribution is 0.485. The predicted octanol–water partition coefficient (Wildman–Crippen LogP) is 3.81. The zero-order chi connectivity index (χ0) is 14.3. The van der Waals surface area contributed by atoms with Crippen molar-refractivity contribution in [3.8, 4) is 0 Å². The van der Waals surface area contributed by atoms with Gasteiger partial charge in [-0.1, -0.05) is 26.7 Å². The summed E-state index contributed by atoms with van der Waals surface area (Å²) in [7, 11) is 1.89. The molecular formula is C16H27FN2. The van der Waals surface area contributed by atoms with E-state index in [-0.39, 0.29) is 5.82 Å². The van der Waals surface area contributed by atoms with Gasteiger partial charge >= 0.3 is 0 Å². The fourth-order valence-corrected chi connectivity index (χ4v) is 2.45. The highest BCUT2D eigenvalue weighted by Crippen LogP contribution is 2.24. The standard InChI is InChI=1S/C16H27FN2/c1-5-13(6-2)12-19(7-3)16-9-8-15(17)10-14(16)11-18-4/h8-10,13,18H,5-7,11-12H2,1-4H3. The molecule has 1 rings (SSSR count). The van der Waals surface area contributed by atoms with Crippen molar-refractivity contribution in [2.24, 2.45) is 5.92 Å². The molecule has 0 aliphatic rings. The van der Waals surface area contributed by atoms with Gasteiger partial charge in [0.15, 0.2) is 0 Å². The van der Waals surface area contributed by atoms with Gasteiger partial charge in [-0.05, 0) is 43.7 Å². The molecule has 1 aromatic rings. The van der Waals surface area contributed by atoms with E-state index in [2.05, 4.69) is 31.0 Å². The van der Waals surface area contributed by atoms with Gasteiger partial charge in [0.2, 0.25) is 0 Å². The second-order valence-corrected chi connectivity index (χ2v) is 5.02. The predicted molar refractivity (Wildman–Crippen MR) is 81.1 cm³/mol. The first kappa shape index (κ1) is 16.0. The van der Waals surface area contributed by atoms with Crippen LogP contribution in [0.15, 0.2) is 18.2 Å². The largest absolute Gasteiger partial charge is 0.371 e. The van der Waals surface area contributed by atoms with Crippen LogP contribution in [0.4, 0.5) is 10.1 Å². The number of rotatable bonds is 8. The average Bonchev–Trinajstić information content (AvgIpc) is 2.42. The van der Waals surface area contributed by atoms with E-state index in [4.69, 9.17) is 0 Å². The van der Waals surface area contributed by atoms with E-state index in [1.54, 1.807) is 12.1 Å². The zero-order valence-corrected chi connectivity index (χ0v) is 12.7. The molecule has 0 aliphatic heterocycles. The van der Waals surface area contributed by atoms with Gasteiger partial charge in [-0.2, -0.15) is 0 Å². The van der Waals surface area contributed by atoms with Crippen molar-refractivity contribution in [2.75, 3.05) is 25.0 Å². The third kappa shape index (κ3) is 4.50. The van der Waals surface area contributed by atoms with Gasteiger partial charge in [-0.15, -0.1) is 0 Å². The van der Waals surface area contributed by atoms with Crippen molar-refractivity contribution in [3.63, 3.8) is 0 Å². The highest BCUT2D eigenvalue weighted by atomic mass is 19.1. The van der Waals surface area contributed by atoms with E-state index < -0.39 is 0 Å². The van der Waals surface area contributed by atoms with Crippen LogP contribution < -0.4 is 10.2 Å². The number of nitrogens with zero attached hydrogens (tertiary/aromatic N) is 1. The van der Waals surface area contributed by atoms with E-state index in [0.29, 0.717) is 12.5 Å². The van der Waals surface area contributed by atoms with Crippen molar-refractivity contribution in [1.82, 2.24) is 5.32 Å². The maximum absolute atomic E-state index is 13.4. The van der Waals surface area contributed by atoms with Crippen molar-refractivity contribution >= 4 is 5.69 Å². The molecule has 0 amide bonds. The first-order valence-electron chi connectivity index (χ1n) is 7.34. The Morgan fingerprint density at radius 1 is 1.21 bits per heavy atom. The molecule has 0 radical (unpaired) electrons. The second kappa shape index (κ2) is 8.16. The van der Waals surface area contributed by atoms with E-state index in [9.17, 15) is 4.39 Å². The molecule has 1 N–H and O–H groups in total. The Morgan fingerprint density at radius 2 is 1.89 bits per heavy atom. The van der Waals surface area contributed by atoms with Crippen molar-refractivity contribution in [3.05, 3.63) is 29.6 Å². The summed E-state index contributed by atoms with van der Waals surface area (Å²) in [5.74, 6) is 0.542. The molecule has 2 nitrogen and oxygen atoms in total. The van der Waals surface area contributed by atoms with Gasteiger partial charge < -0.3 is 10.2 Å². The van der Waals surface area contributed by atoms with Crippen LogP contribution in [0, 0.1) is 11.7 Å². The van der Waals surface area contributed by atoms with Crippen LogP contribution in [0.3, 0.4) is 0 Å². The Bertz CT molecular complexity index is 375. The molecule has 3 heteroatoms. The van der Waals surface area contributed by atoms with Crippen LogP contribution >= 0.6 is 0 Å². The molecule has 0 unspecified atom stereocenters. The van der Waals surface area contributed by atoms with Gasteiger partial charge in [-0.3, -0.25) is 0 Å². The summed E-state index contributed by atoms with van der Waals surface area (Å²) in [6, 6.07) is 5.11. The van der Waals surface area contributed by atoms with Gasteiger partial charge in [0.05, 0.1) is 0 Å². The minimum atomic E-state index is -0.160. The molecule has 0 saturated carbocycles. The van der Waals surface area contributed by atoms with Crippen LogP contribution in [0.25, 0.3) is 0 Å². The third-order valence-corrected chi connectivity index (χ3v) is 3.76. The number of anilines is 1. The summed E-state index contributed by atoms with van der Waals surface area (Å²) < 4.78 is 13.4. The SMILES string of the molecule is CCC(CC)CN(CC)c1ccc(F)cc1CNC. The fraction of sp³-hybridized carbons (Fsp3) is 0.625. The van der Waals surface area contributed by atoms with E-state index >= 15 is 0 Å². The third-order valence-electron chi connectivity index (χ3n) is 3.76. The molecule has 0 heterocycles. The highest BCUT2D eigenvalue weighted by molar-refractivity contribution is 5.54. The number of hydrogen-bond acceptors (Lipinski definition) is 2. The second-order valence-electron chi connectivity index (χ2n) is 5.02. The number of nitrogens with one attached hydrogen (secondary N) is 1. The van der Waals surface area contributed by atoms with Crippen LogP contribution in [0.2, 0.25) is 0 Å².